The van der Waals surface area contributed by atoms with E-state index in [-0.39, 0.29) is 12.8 Å². The van der Waals surface area contributed by atoms with Crippen molar-refractivity contribution in [3.05, 3.63) is 24.3 Å². The molecule has 1 amide bonds. The van der Waals surface area contributed by atoms with E-state index >= 15 is 0 Å². The lowest BCUT2D eigenvalue weighted by atomic mass is 9.98. The highest BCUT2D eigenvalue weighted by Gasteiger charge is 2.44. The predicted molar refractivity (Wildman–Crippen MR) is 367 cm³/mol. The fourth-order valence-electron chi connectivity index (χ4n) is 12.6. The van der Waals surface area contributed by atoms with E-state index in [9.17, 15) is 40.5 Å². The molecule has 11 heteroatoms. The molecule has 1 heterocycles. The van der Waals surface area contributed by atoms with Gasteiger partial charge in [0, 0.05) is 0 Å². The quantitative estimate of drug-likeness (QED) is 0.0215. The van der Waals surface area contributed by atoms with E-state index in [0.29, 0.717) is 12.8 Å². The van der Waals surface area contributed by atoms with Crippen LogP contribution in [0.4, 0.5) is 0 Å². The number of carbonyl (C=O) groups excluding carboxylic acids is 1. The molecule has 1 rings (SSSR count). The van der Waals surface area contributed by atoms with Gasteiger partial charge in [-0.25, -0.2) is 0 Å². The van der Waals surface area contributed by atoms with Crippen LogP contribution < -0.4 is 5.32 Å². The van der Waals surface area contributed by atoms with E-state index < -0.39 is 74.2 Å². The summed E-state index contributed by atoms with van der Waals surface area (Å²) in [6, 6.07) is -1.19. The maximum absolute atomic E-state index is 13.3. The van der Waals surface area contributed by atoms with Crippen molar-refractivity contribution in [1.29, 1.82) is 0 Å². The molecule has 0 bridgehead atoms. The first-order valence-corrected chi connectivity index (χ1v) is 38.2. The first-order valence-electron chi connectivity index (χ1n) is 38.2. The third-order valence-electron chi connectivity index (χ3n) is 18.7. The molecule has 1 saturated heterocycles. The molecule has 11 nitrogen and oxygen atoms in total. The first-order chi connectivity index (χ1) is 42.7. The molecular weight excluding hydrogens is 1090 g/mol. The van der Waals surface area contributed by atoms with Gasteiger partial charge in [0.05, 0.1) is 25.4 Å². The second kappa shape index (κ2) is 64.7. The number of rotatable bonds is 68. The van der Waals surface area contributed by atoms with Crippen molar-refractivity contribution >= 4 is 5.91 Å². The van der Waals surface area contributed by atoms with Crippen molar-refractivity contribution in [2.75, 3.05) is 13.2 Å². The number of hydrogen-bond acceptors (Lipinski definition) is 10. The Morgan fingerprint density at radius 2 is 0.678 bits per heavy atom. The molecular formula is C76H147NO10. The Morgan fingerprint density at radius 1 is 0.391 bits per heavy atom. The van der Waals surface area contributed by atoms with Crippen molar-refractivity contribution < 1.29 is 50.0 Å². The summed E-state index contributed by atoms with van der Waals surface area (Å²) in [5.74, 6) is -0.699. The number of hydrogen-bond donors (Lipinski definition) is 8. The minimum atomic E-state index is -1.67. The van der Waals surface area contributed by atoms with Crippen LogP contribution in [0.3, 0.4) is 0 Å². The summed E-state index contributed by atoms with van der Waals surface area (Å²) in [5, 5.41) is 76.6. The molecule has 516 valence electrons. The van der Waals surface area contributed by atoms with Gasteiger partial charge in [-0.15, -0.1) is 0 Å². The summed E-state index contributed by atoms with van der Waals surface area (Å²) in [4.78, 5) is 13.3. The Kier molecular flexibility index (Phi) is 62.2. The van der Waals surface area contributed by atoms with Crippen LogP contribution in [0.5, 0.6) is 0 Å². The Labute approximate surface area is 537 Å². The van der Waals surface area contributed by atoms with Crippen molar-refractivity contribution in [2.45, 2.75) is 441 Å². The van der Waals surface area contributed by atoms with E-state index in [1.807, 2.05) is 0 Å². The van der Waals surface area contributed by atoms with Crippen LogP contribution in [0.25, 0.3) is 0 Å². The van der Waals surface area contributed by atoms with Gasteiger partial charge >= 0.3 is 0 Å². The van der Waals surface area contributed by atoms with Crippen molar-refractivity contribution in [1.82, 2.24) is 5.32 Å². The van der Waals surface area contributed by atoms with Crippen LogP contribution in [-0.2, 0) is 14.3 Å². The number of aliphatic hydroxyl groups excluding tert-OH is 7. The third kappa shape index (κ3) is 51.8. The zero-order valence-electron chi connectivity index (χ0n) is 57.3. The summed E-state index contributed by atoms with van der Waals surface area (Å²) >= 11 is 0. The number of nitrogens with one attached hydrogen (secondary N) is 1. The summed E-state index contributed by atoms with van der Waals surface area (Å²) in [7, 11) is 0. The van der Waals surface area contributed by atoms with Gasteiger partial charge in [-0.05, 0) is 64.2 Å². The lowest BCUT2D eigenvalue weighted by Crippen LogP contribution is -2.60. The maximum Gasteiger partial charge on any atom is 0.249 e. The molecule has 0 saturated carbocycles. The molecule has 87 heavy (non-hydrogen) atoms. The molecule has 0 spiro atoms. The standard InChI is InChI=1S/C76H147NO10/c1-3-5-7-9-11-13-15-17-19-21-23-25-27-29-31-33-34-35-36-38-40-42-44-46-48-50-52-54-56-58-60-62-64-69(80)75(85)77-67(66-86-76-74(84)73(83)72(82)70(65-78)87-76)71(81)68(79)63-61-59-57-55-53-51-49-47-45-43-41-39-37-32-30-28-26-24-22-20-18-16-14-12-10-8-6-4-2/h29,31,55,57,67-74,76,78-84H,3-28,30,32-54,56,58-66H2,1-2H3,(H,77,85)/b31-29-,57-55+. The Morgan fingerprint density at radius 3 is 0.989 bits per heavy atom. The third-order valence-corrected chi connectivity index (χ3v) is 18.7. The van der Waals surface area contributed by atoms with Gasteiger partial charge < -0.3 is 50.5 Å². The number of aliphatic hydroxyl groups is 7. The Hall–Kier alpha value is -1.41. The van der Waals surface area contributed by atoms with E-state index in [0.717, 1.165) is 38.5 Å². The van der Waals surface area contributed by atoms with Crippen LogP contribution in [0.15, 0.2) is 24.3 Å². The molecule has 0 aromatic carbocycles. The van der Waals surface area contributed by atoms with Gasteiger partial charge in [0.1, 0.15) is 36.6 Å². The summed E-state index contributed by atoms with van der Waals surface area (Å²) in [5.41, 5.74) is 0. The maximum atomic E-state index is 13.3. The van der Waals surface area contributed by atoms with Gasteiger partial charge in [0.25, 0.3) is 0 Å². The number of unbranched alkanes of at least 4 members (excludes halogenated alkanes) is 52. The molecule has 0 radical (unpaired) electrons. The lowest BCUT2D eigenvalue weighted by molar-refractivity contribution is -0.303. The average molecular weight is 1240 g/mol. The summed E-state index contributed by atoms with van der Waals surface area (Å²) < 4.78 is 11.2. The topological polar surface area (TPSA) is 189 Å². The fourth-order valence-corrected chi connectivity index (χ4v) is 12.6. The van der Waals surface area contributed by atoms with Crippen LogP contribution >= 0.6 is 0 Å². The van der Waals surface area contributed by atoms with Gasteiger partial charge in [0.15, 0.2) is 6.29 Å². The molecule has 1 aliphatic heterocycles. The van der Waals surface area contributed by atoms with Crippen LogP contribution in [0.1, 0.15) is 386 Å². The highest BCUT2D eigenvalue weighted by atomic mass is 16.7. The minimum absolute atomic E-state index is 0.258. The molecule has 0 aliphatic carbocycles. The normalized spacial score (nSPS) is 18.7. The van der Waals surface area contributed by atoms with E-state index in [2.05, 4.69) is 43.5 Å². The molecule has 9 unspecified atom stereocenters. The van der Waals surface area contributed by atoms with Crippen molar-refractivity contribution in [3.8, 4) is 0 Å². The van der Waals surface area contributed by atoms with Gasteiger partial charge in [-0.2, -0.15) is 0 Å². The SMILES string of the molecule is CCCCCCCCCCCCCC/C=C\CCCCCCCCCCCCCCCCCCC(O)C(=O)NC(COC1OC(CO)C(O)C(O)C1O)C(O)C(O)CCC/C=C/CCCCCCCCCCCCCCCCCCCCCCCCC. The summed E-state index contributed by atoms with van der Waals surface area (Å²) in [6.07, 6.45) is 71.4. The average Bonchev–Trinajstić information content (AvgIpc) is 1.96. The van der Waals surface area contributed by atoms with Crippen molar-refractivity contribution in [3.63, 3.8) is 0 Å². The first kappa shape index (κ1) is 83.6. The second-order valence-corrected chi connectivity index (χ2v) is 27.1. The minimum Gasteiger partial charge on any atom is -0.394 e. The van der Waals surface area contributed by atoms with Crippen LogP contribution in [0.2, 0.25) is 0 Å². The fraction of sp³-hybridized carbons (Fsp3) is 0.934. The van der Waals surface area contributed by atoms with E-state index in [1.54, 1.807) is 0 Å². The van der Waals surface area contributed by atoms with Crippen LogP contribution in [-0.4, -0.2) is 110 Å². The zero-order chi connectivity index (χ0) is 63.1. The van der Waals surface area contributed by atoms with Crippen molar-refractivity contribution in [2.24, 2.45) is 0 Å². The van der Waals surface area contributed by atoms with Gasteiger partial charge in [0.2, 0.25) is 5.91 Å². The number of allylic oxidation sites excluding steroid dienone is 4. The molecule has 8 N–H and O–H groups in total. The van der Waals surface area contributed by atoms with E-state index in [4.69, 9.17) is 9.47 Å². The lowest BCUT2D eigenvalue weighted by Gasteiger charge is -2.40. The van der Waals surface area contributed by atoms with Crippen LogP contribution in [0, 0.1) is 0 Å². The van der Waals surface area contributed by atoms with Gasteiger partial charge in [-0.3, -0.25) is 4.79 Å². The van der Waals surface area contributed by atoms with E-state index in [1.165, 1.54) is 308 Å². The monoisotopic (exact) mass is 1230 g/mol. The second-order valence-electron chi connectivity index (χ2n) is 27.1. The molecule has 1 fully saturated rings. The smallest absolute Gasteiger partial charge is 0.249 e. The zero-order valence-corrected chi connectivity index (χ0v) is 57.3. The Balaban J connectivity index is 2.17. The number of ether oxygens (including phenoxy) is 2. The number of carbonyl (C=O) groups is 1. The highest BCUT2D eigenvalue weighted by molar-refractivity contribution is 5.80. The van der Waals surface area contributed by atoms with Gasteiger partial charge in [-0.1, -0.05) is 346 Å². The Bertz CT molecular complexity index is 1460. The largest absolute Gasteiger partial charge is 0.394 e. The highest BCUT2D eigenvalue weighted by Crippen LogP contribution is 2.24. The molecule has 0 aromatic heterocycles. The molecule has 1 aliphatic rings. The molecule has 9 atom stereocenters. The number of amides is 1. The predicted octanol–water partition coefficient (Wildman–Crippen LogP) is 19.1. The summed E-state index contributed by atoms with van der Waals surface area (Å²) in [6.45, 7) is 3.51. The molecule has 0 aromatic rings.